The molecule has 0 saturated heterocycles. The first-order valence-electron chi connectivity index (χ1n) is 10.2. The van der Waals surface area contributed by atoms with Crippen LogP contribution in [0.3, 0.4) is 0 Å². The van der Waals surface area contributed by atoms with Crippen LogP contribution in [0.1, 0.15) is 23.1 Å². The largest absolute Gasteiger partial charge is 0.488 e. The Morgan fingerprint density at radius 1 is 0.906 bits per heavy atom. The Morgan fingerprint density at radius 2 is 1.59 bits per heavy atom. The Balaban J connectivity index is 1.45. The molecule has 2 N–H and O–H groups in total. The van der Waals surface area contributed by atoms with Crippen molar-refractivity contribution in [3.8, 4) is 5.75 Å². The molecule has 0 atom stereocenters. The molecule has 0 unspecified atom stereocenters. The third-order valence-electron chi connectivity index (χ3n) is 4.53. The van der Waals surface area contributed by atoms with Crippen LogP contribution < -0.4 is 15.5 Å². The maximum Gasteiger partial charge on any atom is 0.259 e. The summed E-state index contributed by atoms with van der Waals surface area (Å²) in [7, 11) is 0. The molecule has 0 aliphatic carbocycles. The second kappa shape index (κ2) is 12.4. The van der Waals surface area contributed by atoms with Crippen molar-refractivity contribution in [2.24, 2.45) is 5.10 Å². The van der Waals surface area contributed by atoms with Crippen molar-refractivity contribution in [1.29, 1.82) is 0 Å². The van der Waals surface area contributed by atoms with Crippen molar-refractivity contribution in [2.45, 2.75) is 19.4 Å². The summed E-state index contributed by atoms with van der Waals surface area (Å²) >= 11 is 3.43. The minimum atomic E-state index is -0.406. The topological polar surface area (TPSA) is 79.8 Å². The van der Waals surface area contributed by atoms with Crippen LogP contribution in [0, 0.1) is 0 Å². The molecule has 0 radical (unpaired) electrons. The number of hydrazone groups is 1. The van der Waals surface area contributed by atoms with Crippen LogP contribution in [0.2, 0.25) is 0 Å². The van der Waals surface area contributed by atoms with E-state index >= 15 is 0 Å². The minimum absolute atomic E-state index is 0.138. The highest BCUT2D eigenvalue weighted by Gasteiger charge is 2.07. The molecule has 3 rings (SSSR count). The van der Waals surface area contributed by atoms with Gasteiger partial charge in [0.15, 0.2) is 0 Å². The third-order valence-corrected chi connectivity index (χ3v) is 5.02. The summed E-state index contributed by atoms with van der Waals surface area (Å²) in [5.41, 5.74) is 5.27. The van der Waals surface area contributed by atoms with Crippen molar-refractivity contribution in [3.63, 3.8) is 0 Å². The van der Waals surface area contributed by atoms with E-state index in [1.54, 1.807) is 0 Å². The second-order valence-corrected chi connectivity index (χ2v) is 7.93. The smallest absolute Gasteiger partial charge is 0.259 e. The molecule has 0 spiro atoms. The average Bonchev–Trinajstić information content (AvgIpc) is 2.82. The Morgan fingerprint density at radius 3 is 2.31 bits per heavy atom. The molecule has 0 bridgehead atoms. The summed E-state index contributed by atoms with van der Waals surface area (Å²) in [4.78, 5) is 23.9. The molecule has 0 aromatic heterocycles. The highest BCUT2D eigenvalue weighted by molar-refractivity contribution is 9.10. The molecule has 7 heteroatoms. The normalized spacial score (nSPS) is 10.7. The number of rotatable bonds is 10. The lowest BCUT2D eigenvalue weighted by Gasteiger charge is -2.10. The monoisotopic (exact) mass is 493 g/mol. The summed E-state index contributed by atoms with van der Waals surface area (Å²) in [6.45, 7) is 0.283. The zero-order chi connectivity index (χ0) is 22.6. The van der Waals surface area contributed by atoms with Crippen molar-refractivity contribution in [3.05, 3.63) is 100 Å². The van der Waals surface area contributed by atoms with E-state index in [-0.39, 0.29) is 12.5 Å². The number of aryl methyl sites for hydroxylation is 1. The Bertz CT molecular complexity index is 1060. The lowest BCUT2D eigenvalue weighted by molar-refractivity contribution is -0.126. The van der Waals surface area contributed by atoms with Gasteiger partial charge in [-0.25, -0.2) is 5.43 Å². The van der Waals surface area contributed by atoms with E-state index in [1.165, 1.54) is 6.21 Å². The van der Waals surface area contributed by atoms with Gasteiger partial charge in [0.1, 0.15) is 12.4 Å². The number of benzene rings is 3. The van der Waals surface area contributed by atoms with E-state index in [0.29, 0.717) is 30.8 Å². The number of carbonyl (C=O) groups excluding carboxylic acids is 2. The SMILES string of the molecule is O=C(CCc1ccccc1)NCC(=O)N/N=C\c1cc(Br)ccc1OCc1ccccc1. The maximum atomic E-state index is 12.0. The van der Waals surface area contributed by atoms with Crippen LogP contribution in [0.5, 0.6) is 5.75 Å². The number of amides is 2. The van der Waals surface area contributed by atoms with Gasteiger partial charge in [-0.2, -0.15) is 5.10 Å². The van der Waals surface area contributed by atoms with Crippen LogP contribution >= 0.6 is 15.9 Å². The summed E-state index contributed by atoms with van der Waals surface area (Å²) in [5, 5.41) is 6.60. The zero-order valence-electron chi connectivity index (χ0n) is 17.5. The Labute approximate surface area is 195 Å². The third kappa shape index (κ3) is 8.00. The van der Waals surface area contributed by atoms with Crippen LogP contribution in [-0.2, 0) is 22.6 Å². The van der Waals surface area contributed by atoms with Gasteiger partial charge in [-0.3, -0.25) is 9.59 Å². The Kier molecular flexibility index (Phi) is 9.01. The summed E-state index contributed by atoms with van der Waals surface area (Å²) in [6, 6.07) is 25.1. The number of nitrogens with zero attached hydrogens (tertiary/aromatic N) is 1. The van der Waals surface area contributed by atoms with Gasteiger partial charge in [0, 0.05) is 16.5 Å². The zero-order valence-corrected chi connectivity index (χ0v) is 19.0. The molecule has 0 saturated carbocycles. The molecule has 2 amide bonds. The fourth-order valence-electron chi connectivity index (χ4n) is 2.87. The highest BCUT2D eigenvalue weighted by Crippen LogP contribution is 2.22. The molecular formula is C25H24BrN3O3. The van der Waals surface area contributed by atoms with Gasteiger partial charge < -0.3 is 10.1 Å². The van der Waals surface area contributed by atoms with E-state index in [2.05, 4.69) is 31.8 Å². The molecule has 3 aromatic carbocycles. The van der Waals surface area contributed by atoms with Gasteiger partial charge in [-0.05, 0) is 35.7 Å². The van der Waals surface area contributed by atoms with Gasteiger partial charge in [0.2, 0.25) is 5.91 Å². The molecule has 32 heavy (non-hydrogen) atoms. The lowest BCUT2D eigenvalue weighted by atomic mass is 10.1. The van der Waals surface area contributed by atoms with E-state index < -0.39 is 5.91 Å². The molecule has 0 aliphatic heterocycles. The highest BCUT2D eigenvalue weighted by atomic mass is 79.9. The molecule has 3 aromatic rings. The van der Waals surface area contributed by atoms with Gasteiger partial charge in [-0.15, -0.1) is 0 Å². The van der Waals surface area contributed by atoms with E-state index in [0.717, 1.165) is 15.6 Å². The molecule has 0 fully saturated rings. The molecule has 0 aliphatic rings. The molecule has 0 heterocycles. The summed E-state index contributed by atoms with van der Waals surface area (Å²) in [5.74, 6) is 0.0527. The minimum Gasteiger partial charge on any atom is -0.488 e. The van der Waals surface area contributed by atoms with Gasteiger partial charge >= 0.3 is 0 Å². The van der Waals surface area contributed by atoms with Gasteiger partial charge in [0.25, 0.3) is 5.91 Å². The quantitative estimate of drug-likeness (QED) is 0.327. The number of carbonyl (C=O) groups is 2. The number of ether oxygens (including phenoxy) is 1. The number of nitrogens with one attached hydrogen (secondary N) is 2. The van der Waals surface area contributed by atoms with Crippen molar-refractivity contribution in [1.82, 2.24) is 10.7 Å². The Hall–Kier alpha value is -3.45. The molecule has 6 nitrogen and oxygen atoms in total. The lowest BCUT2D eigenvalue weighted by Crippen LogP contribution is -2.35. The van der Waals surface area contributed by atoms with E-state index in [1.807, 2.05) is 78.9 Å². The first kappa shape index (κ1) is 23.2. The average molecular weight is 494 g/mol. The summed E-state index contributed by atoms with van der Waals surface area (Å²) in [6.07, 6.45) is 2.46. The standard InChI is InChI=1S/C25H24BrN3O3/c26-22-12-13-23(32-18-20-9-5-2-6-10-20)21(15-22)16-28-29-25(31)17-27-24(30)14-11-19-7-3-1-4-8-19/h1-10,12-13,15-16H,11,14,17-18H2,(H,27,30)(H,29,31)/b28-16-. The van der Waals surface area contributed by atoms with E-state index in [4.69, 9.17) is 4.74 Å². The fourth-order valence-corrected chi connectivity index (χ4v) is 3.25. The predicted molar refractivity (Wildman–Crippen MR) is 128 cm³/mol. The van der Waals surface area contributed by atoms with Crippen LogP contribution in [0.25, 0.3) is 0 Å². The fraction of sp³-hybridized carbons (Fsp3) is 0.160. The van der Waals surface area contributed by atoms with Crippen LogP contribution in [0.15, 0.2) is 88.4 Å². The van der Waals surface area contributed by atoms with Crippen LogP contribution in [-0.4, -0.2) is 24.6 Å². The first-order valence-corrected chi connectivity index (χ1v) is 11.0. The van der Waals surface area contributed by atoms with Crippen molar-refractivity contribution in [2.75, 3.05) is 6.54 Å². The molecule has 164 valence electrons. The van der Waals surface area contributed by atoms with Gasteiger partial charge in [0.05, 0.1) is 12.8 Å². The summed E-state index contributed by atoms with van der Waals surface area (Å²) < 4.78 is 6.76. The van der Waals surface area contributed by atoms with Crippen LogP contribution in [0.4, 0.5) is 0 Å². The number of hydrogen-bond donors (Lipinski definition) is 2. The predicted octanol–water partition coefficient (Wildman–Crippen LogP) is 4.23. The van der Waals surface area contributed by atoms with Gasteiger partial charge in [-0.1, -0.05) is 76.6 Å². The number of halogens is 1. The van der Waals surface area contributed by atoms with Crippen molar-refractivity contribution < 1.29 is 14.3 Å². The van der Waals surface area contributed by atoms with Crippen molar-refractivity contribution >= 4 is 34.0 Å². The second-order valence-electron chi connectivity index (χ2n) is 7.01. The molecular weight excluding hydrogens is 470 g/mol. The maximum absolute atomic E-state index is 12.0. The number of hydrogen-bond acceptors (Lipinski definition) is 4. The van der Waals surface area contributed by atoms with E-state index in [9.17, 15) is 9.59 Å². The first-order chi connectivity index (χ1) is 15.6.